The third-order valence-corrected chi connectivity index (χ3v) is 3.48. The Morgan fingerprint density at radius 3 is 2.89 bits per heavy atom. The van der Waals surface area contributed by atoms with Crippen LogP contribution in [0.25, 0.3) is 0 Å². The highest BCUT2D eigenvalue weighted by atomic mass is 16.5. The van der Waals surface area contributed by atoms with Gasteiger partial charge in [0.1, 0.15) is 6.61 Å². The first kappa shape index (κ1) is 14.5. The summed E-state index contributed by atoms with van der Waals surface area (Å²) in [4.78, 5) is 0. The average Bonchev–Trinajstić information content (AvgIpc) is 2.85. The second-order valence-corrected chi connectivity index (χ2v) is 5.88. The Morgan fingerprint density at radius 1 is 1.37 bits per heavy atom. The third kappa shape index (κ3) is 5.33. The SMILES string of the molecule is CC(C)CNCc1cc(COC2CCCCC2)on1. The smallest absolute Gasteiger partial charge is 0.162 e. The molecule has 0 saturated heterocycles. The van der Waals surface area contributed by atoms with Crippen LogP contribution in [0, 0.1) is 5.92 Å². The Morgan fingerprint density at radius 2 is 2.16 bits per heavy atom. The van der Waals surface area contributed by atoms with Gasteiger partial charge in [0.2, 0.25) is 0 Å². The first-order valence-corrected chi connectivity index (χ1v) is 7.51. The van der Waals surface area contributed by atoms with E-state index in [1.165, 1.54) is 32.1 Å². The lowest BCUT2D eigenvalue weighted by atomic mass is 9.98. The van der Waals surface area contributed by atoms with Crippen molar-refractivity contribution in [2.45, 2.75) is 65.2 Å². The first-order valence-electron chi connectivity index (χ1n) is 7.51. The molecule has 1 aliphatic carbocycles. The molecule has 0 bridgehead atoms. The second-order valence-electron chi connectivity index (χ2n) is 5.88. The molecule has 1 heterocycles. The van der Waals surface area contributed by atoms with Crippen LogP contribution in [-0.2, 0) is 17.9 Å². The molecule has 1 aliphatic rings. The second kappa shape index (κ2) is 7.65. The van der Waals surface area contributed by atoms with E-state index >= 15 is 0 Å². The molecule has 0 unspecified atom stereocenters. The summed E-state index contributed by atoms with van der Waals surface area (Å²) in [6, 6.07) is 2.00. The van der Waals surface area contributed by atoms with Gasteiger partial charge in [-0.2, -0.15) is 0 Å². The minimum atomic E-state index is 0.418. The molecule has 2 rings (SSSR count). The fourth-order valence-corrected chi connectivity index (χ4v) is 2.43. The summed E-state index contributed by atoms with van der Waals surface area (Å²) in [6.45, 7) is 6.71. The zero-order chi connectivity index (χ0) is 13.5. The van der Waals surface area contributed by atoms with E-state index in [0.717, 1.165) is 24.5 Å². The zero-order valence-corrected chi connectivity index (χ0v) is 12.2. The summed E-state index contributed by atoms with van der Waals surface area (Å²) in [5.41, 5.74) is 0.961. The van der Waals surface area contributed by atoms with Gasteiger partial charge in [-0.3, -0.25) is 0 Å². The van der Waals surface area contributed by atoms with Gasteiger partial charge >= 0.3 is 0 Å². The van der Waals surface area contributed by atoms with Crippen LogP contribution in [-0.4, -0.2) is 17.8 Å². The molecular formula is C15H26N2O2. The van der Waals surface area contributed by atoms with E-state index in [-0.39, 0.29) is 0 Å². The van der Waals surface area contributed by atoms with E-state index in [1.54, 1.807) is 0 Å². The molecule has 1 aromatic heterocycles. The Balaban J connectivity index is 1.68. The van der Waals surface area contributed by atoms with E-state index in [1.807, 2.05) is 6.07 Å². The number of nitrogens with one attached hydrogen (secondary N) is 1. The summed E-state index contributed by atoms with van der Waals surface area (Å²) in [5, 5.41) is 7.42. The molecule has 0 radical (unpaired) electrons. The van der Waals surface area contributed by atoms with Crippen molar-refractivity contribution >= 4 is 0 Å². The van der Waals surface area contributed by atoms with Crippen molar-refractivity contribution in [2.75, 3.05) is 6.54 Å². The van der Waals surface area contributed by atoms with Crippen LogP contribution in [0.3, 0.4) is 0 Å². The topological polar surface area (TPSA) is 47.3 Å². The largest absolute Gasteiger partial charge is 0.370 e. The number of aromatic nitrogens is 1. The summed E-state index contributed by atoms with van der Waals surface area (Å²) < 4.78 is 11.2. The number of hydrogen-bond acceptors (Lipinski definition) is 4. The highest BCUT2D eigenvalue weighted by molar-refractivity contribution is 5.04. The van der Waals surface area contributed by atoms with Crippen molar-refractivity contribution in [3.05, 3.63) is 17.5 Å². The van der Waals surface area contributed by atoms with Gasteiger partial charge in [-0.15, -0.1) is 0 Å². The number of hydrogen-bond donors (Lipinski definition) is 1. The molecule has 1 saturated carbocycles. The minimum absolute atomic E-state index is 0.418. The van der Waals surface area contributed by atoms with E-state index < -0.39 is 0 Å². The standard InChI is InChI=1S/C15H26N2O2/c1-12(2)9-16-10-13-8-15(19-17-13)11-18-14-6-4-3-5-7-14/h8,12,14,16H,3-7,9-11H2,1-2H3. The quantitative estimate of drug-likeness (QED) is 0.823. The number of ether oxygens (including phenoxy) is 1. The van der Waals surface area contributed by atoms with Crippen LogP contribution < -0.4 is 5.32 Å². The highest BCUT2D eigenvalue weighted by Gasteiger charge is 2.14. The molecule has 0 amide bonds. The van der Waals surface area contributed by atoms with Crippen LogP contribution in [0.5, 0.6) is 0 Å². The van der Waals surface area contributed by atoms with Crippen molar-refractivity contribution in [3.8, 4) is 0 Å². The van der Waals surface area contributed by atoms with Crippen LogP contribution >= 0.6 is 0 Å². The van der Waals surface area contributed by atoms with Crippen LogP contribution in [0.4, 0.5) is 0 Å². The van der Waals surface area contributed by atoms with E-state index in [0.29, 0.717) is 18.6 Å². The van der Waals surface area contributed by atoms with Crippen LogP contribution in [0.1, 0.15) is 57.4 Å². The number of rotatable bonds is 7. The van der Waals surface area contributed by atoms with Gasteiger partial charge in [0.25, 0.3) is 0 Å². The molecule has 0 aromatic carbocycles. The molecule has 108 valence electrons. The lowest BCUT2D eigenvalue weighted by molar-refractivity contribution is 0.00667. The van der Waals surface area contributed by atoms with E-state index in [4.69, 9.17) is 9.26 Å². The zero-order valence-electron chi connectivity index (χ0n) is 12.2. The van der Waals surface area contributed by atoms with Gasteiger partial charge in [-0.1, -0.05) is 38.3 Å². The molecule has 19 heavy (non-hydrogen) atoms. The maximum atomic E-state index is 5.87. The molecule has 4 nitrogen and oxygen atoms in total. The summed E-state index contributed by atoms with van der Waals surface area (Å²) in [7, 11) is 0. The van der Waals surface area contributed by atoms with Crippen molar-refractivity contribution in [3.63, 3.8) is 0 Å². The van der Waals surface area contributed by atoms with Gasteiger partial charge in [0, 0.05) is 12.6 Å². The lowest BCUT2D eigenvalue weighted by Gasteiger charge is -2.21. The van der Waals surface area contributed by atoms with Gasteiger partial charge in [0.05, 0.1) is 11.8 Å². The summed E-state index contributed by atoms with van der Waals surface area (Å²) in [5.74, 6) is 1.49. The van der Waals surface area contributed by atoms with Gasteiger partial charge in [0.15, 0.2) is 5.76 Å². The van der Waals surface area contributed by atoms with Crippen LogP contribution in [0.15, 0.2) is 10.6 Å². The fraction of sp³-hybridized carbons (Fsp3) is 0.800. The highest BCUT2D eigenvalue weighted by Crippen LogP contribution is 2.21. The molecule has 1 aromatic rings. The van der Waals surface area contributed by atoms with E-state index in [2.05, 4.69) is 24.3 Å². The summed E-state index contributed by atoms with van der Waals surface area (Å²) >= 11 is 0. The van der Waals surface area contributed by atoms with Crippen LogP contribution in [0.2, 0.25) is 0 Å². The van der Waals surface area contributed by atoms with Crippen molar-refractivity contribution in [1.82, 2.24) is 10.5 Å². The molecule has 1 N–H and O–H groups in total. The average molecular weight is 266 g/mol. The molecule has 0 aliphatic heterocycles. The predicted octanol–water partition coefficient (Wildman–Crippen LogP) is 3.27. The maximum Gasteiger partial charge on any atom is 0.162 e. The monoisotopic (exact) mass is 266 g/mol. The fourth-order valence-electron chi connectivity index (χ4n) is 2.43. The van der Waals surface area contributed by atoms with Gasteiger partial charge in [-0.25, -0.2) is 0 Å². The molecule has 1 fully saturated rings. The van der Waals surface area contributed by atoms with Crippen molar-refractivity contribution in [2.24, 2.45) is 5.92 Å². The third-order valence-electron chi connectivity index (χ3n) is 3.48. The van der Waals surface area contributed by atoms with Gasteiger partial charge in [-0.05, 0) is 25.3 Å². The maximum absolute atomic E-state index is 5.87. The van der Waals surface area contributed by atoms with Crippen molar-refractivity contribution in [1.29, 1.82) is 0 Å². The van der Waals surface area contributed by atoms with Gasteiger partial charge < -0.3 is 14.6 Å². The Hall–Kier alpha value is -0.870. The molecule has 0 spiro atoms. The lowest BCUT2D eigenvalue weighted by Crippen LogP contribution is -2.19. The number of nitrogens with zero attached hydrogens (tertiary/aromatic N) is 1. The minimum Gasteiger partial charge on any atom is -0.370 e. The Bertz CT molecular complexity index is 357. The van der Waals surface area contributed by atoms with E-state index in [9.17, 15) is 0 Å². The molecule has 4 heteroatoms. The Kier molecular flexibility index (Phi) is 5.86. The molecular weight excluding hydrogens is 240 g/mol. The predicted molar refractivity (Wildman–Crippen MR) is 74.7 cm³/mol. The Labute approximate surface area is 115 Å². The normalized spacial score (nSPS) is 17.2. The summed E-state index contributed by atoms with van der Waals surface area (Å²) in [6.07, 6.45) is 6.75. The first-order chi connectivity index (χ1) is 9.24. The molecule has 0 atom stereocenters. The van der Waals surface area contributed by atoms with Crippen molar-refractivity contribution < 1.29 is 9.26 Å².